The summed E-state index contributed by atoms with van der Waals surface area (Å²) in [6, 6.07) is 0. The summed E-state index contributed by atoms with van der Waals surface area (Å²) >= 11 is 0. The minimum absolute atomic E-state index is 0.124. The summed E-state index contributed by atoms with van der Waals surface area (Å²) in [4.78, 5) is 0. The summed E-state index contributed by atoms with van der Waals surface area (Å²) in [5.41, 5.74) is -11.9. The summed E-state index contributed by atoms with van der Waals surface area (Å²) in [7, 11) is -17.2. The van der Waals surface area contributed by atoms with Crippen LogP contribution in [0, 0.1) is 0 Å². The Labute approximate surface area is 99.1 Å². The van der Waals surface area contributed by atoms with Gasteiger partial charge in [0.15, 0.2) is 0 Å². The predicted octanol–water partition coefficient (Wildman–Crippen LogP) is 1.68. The maximum Gasteiger partial charge on any atom is 0.524 e. The van der Waals surface area contributed by atoms with Crippen molar-refractivity contribution >= 4 is 28.3 Å². The topological polar surface area (TPSA) is 77.5 Å². The molecule has 0 aliphatic rings. The van der Waals surface area contributed by atoms with E-state index in [1.807, 2.05) is 0 Å². The molecule has 18 heavy (non-hydrogen) atoms. The van der Waals surface area contributed by atoms with E-state index in [0.29, 0.717) is 0 Å². The van der Waals surface area contributed by atoms with Crippen LogP contribution in [0.2, 0.25) is 0 Å². The molecule has 0 aromatic heterocycles. The van der Waals surface area contributed by atoms with E-state index in [4.69, 9.17) is 0 Å². The maximum atomic E-state index is 12.1. The molecular weight excluding hydrogens is 338 g/mol. The van der Waals surface area contributed by atoms with Crippen LogP contribution in [0.3, 0.4) is 0 Å². The predicted molar refractivity (Wildman–Crippen MR) is 50.5 cm³/mol. The first-order chi connectivity index (χ1) is 7.46. The van der Waals surface area contributed by atoms with Crippen LogP contribution in [-0.2, 0) is 22.6 Å². The minimum Gasteiger partial charge on any atom is -0.207 e. The molecule has 14 heteroatoms. The fourth-order valence-electron chi connectivity index (χ4n) is 0.518. The first-order valence-electron chi connectivity index (χ1n) is 3.53. The van der Waals surface area contributed by atoms with Crippen molar-refractivity contribution in [3.63, 3.8) is 0 Å². The van der Waals surface area contributed by atoms with Crippen LogP contribution in [0.4, 0.5) is 26.3 Å². The van der Waals surface area contributed by atoms with Crippen LogP contribution in [0.25, 0.3) is 0 Å². The fourth-order valence-corrected chi connectivity index (χ4v) is 5.98. The Morgan fingerprint density at radius 2 is 1.11 bits per heavy atom. The second-order valence-corrected chi connectivity index (χ2v) is 12.3. The number of rotatable bonds is 3. The molecule has 112 valence electrons. The van der Waals surface area contributed by atoms with Gasteiger partial charge in [0.05, 0.1) is 0 Å². The van der Waals surface area contributed by atoms with Gasteiger partial charge < -0.3 is 0 Å². The van der Waals surface area contributed by atoms with E-state index in [1.54, 1.807) is 0 Å². The Bertz CT molecular complexity index is 510. The molecule has 0 heterocycles. The van der Waals surface area contributed by atoms with Crippen LogP contribution in [0.15, 0.2) is 0 Å². The first-order valence-corrected chi connectivity index (χ1v) is 9.31. The molecular formula is C4H6F6O5S3. The average Bonchev–Trinajstić information content (AvgIpc) is 1.96. The molecule has 0 unspecified atom stereocenters. The Morgan fingerprint density at radius 1 is 0.778 bits per heavy atom. The lowest BCUT2D eigenvalue weighted by Gasteiger charge is -2.29. The summed E-state index contributed by atoms with van der Waals surface area (Å²) in [5.74, 6) is 0. The van der Waals surface area contributed by atoms with E-state index in [-0.39, 0.29) is 12.5 Å². The zero-order valence-electron chi connectivity index (χ0n) is 8.53. The highest BCUT2D eigenvalue weighted by atomic mass is 33.2. The standard InChI is InChI=1S/C4H6F6O5S3/c1-16(2,18(13,14)4(8,9)10)15-17(11,12)3(5,6)7/h1-2H3. The van der Waals surface area contributed by atoms with Gasteiger partial charge >= 0.3 is 30.0 Å². The molecule has 0 N–H and O–H groups in total. The summed E-state index contributed by atoms with van der Waals surface area (Å²) < 4.78 is 118. The van der Waals surface area contributed by atoms with Crippen molar-refractivity contribution < 1.29 is 46.8 Å². The first kappa shape index (κ1) is 17.8. The lowest BCUT2D eigenvalue weighted by atomic mass is 11.6. The van der Waals surface area contributed by atoms with Crippen LogP contribution in [0.5, 0.6) is 0 Å². The molecule has 0 aromatic carbocycles. The zero-order valence-corrected chi connectivity index (χ0v) is 11.0. The molecule has 0 aliphatic heterocycles. The van der Waals surface area contributed by atoms with Crippen molar-refractivity contribution in [1.82, 2.24) is 0 Å². The maximum absolute atomic E-state index is 12.1. The van der Waals surface area contributed by atoms with Gasteiger partial charge in [-0.2, -0.15) is 38.4 Å². The number of halogens is 6. The largest absolute Gasteiger partial charge is 0.524 e. The number of hydrogen-bond acceptors (Lipinski definition) is 5. The lowest BCUT2D eigenvalue weighted by Crippen LogP contribution is -2.33. The lowest BCUT2D eigenvalue weighted by molar-refractivity contribution is -0.0499. The van der Waals surface area contributed by atoms with Crippen molar-refractivity contribution in [2.24, 2.45) is 0 Å². The van der Waals surface area contributed by atoms with E-state index < -0.39 is 39.3 Å². The minimum atomic E-state index is -6.44. The van der Waals surface area contributed by atoms with E-state index in [1.165, 1.54) is 0 Å². The average molecular weight is 344 g/mol. The fraction of sp³-hybridized carbons (Fsp3) is 1.00. The van der Waals surface area contributed by atoms with Gasteiger partial charge in [-0.25, -0.2) is 8.42 Å². The van der Waals surface area contributed by atoms with Crippen LogP contribution >= 0.6 is 9.34 Å². The van der Waals surface area contributed by atoms with Crippen molar-refractivity contribution in [3.8, 4) is 0 Å². The Hall–Kier alpha value is -0.210. The molecule has 0 rings (SSSR count). The SMILES string of the molecule is CS(C)(OS(=O)(=O)C(F)(F)F)S(=O)(=O)C(F)(F)F. The smallest absolute Gasteiger partial charge is 0.207 e. The van der Waals surface area contributed by atoms with Crippen molar-refractivity contribution in [2.45, 2.75) is 11.0 Å². The Morgan fingerprint density at radius 3 is 1.33 bits per heavy atom. The number of hydrogen-bond donors (Lipinski definition) is 0. The second-order valence-electron chi connectivity index (χ2n) is 3.01. The third-order valence-electron chi connectivity index (χ3n) is 1.35. The molecule has 0 fully saturated rings. The molecule has 0 aromatic rings. The molecule has 0 saturated heterocycles. The summed E-state index contributed by atoms with van der Waals surface area (Å²) in [5, 5.41) is 0. The quantitative estimate of drug-likeness (QED) is 0.442. The normalized spacial score (nSPS) is 16.7. The molecule has 0 atom stereocenters. The van der Waals surface area contributed by atoms with E-state index in [0.717, 1.165) is 0 Å². The van der Waals surface area contributed by atoms with Gasteiger partial charge in [0.2, 0.25) is 0 Å². The van der Waals surface area contributed by atoms with Gasteiger partial charge in [-0.1, -0.05) is 0 Å². The molecule has 5 nitrogen and oxygen atoms in total. The Balaban J connectivity index is 5.63. The van der Waals surface area contributed by atoms with Gasteiger partial charge in [-0.05, 0) is 9.34 Å². The highest BCUT2D eigenvalue weighted by Crippen LogP contribution is 2.57. The monoisotopic (exact) mass is 344 g/mol. The highest BCUT2D eigenvalue weighted by molar-refractivity contribution is 8.88. The van der Waals surface area contributed by atoms with Gasteiger partial charge in [0, 0.05) is 12.5 Å². The van der Waals surface area contributed by atoms with Crippen molar-refractivity contribution in [2.75, 3.05) is 12.5 Å². The van der Waals surface area contributed by atoms with Crippen LogP contribution < -0.4 is 0 Å². The van der Waals surface area contributed by atoms with Crippen LogP contribution in [0.1, 0.15) is 0 Å². The van der Waals surface area contributed by atoms with Gasteiger partial charge in [-0.15, -0.1) is 0 Å². The van der Waals surface area contributed by atoms with Gasteiger partial charge in [0.25, 0.3) is 0 Å². The highest BCUT2D eigenvalue weighted by Gasteiger charge is 2.58. The Kier molecular flexibility index (Phi) is 4.36. The third-order valence-corrected chi connectivity index (χ3v) is 9.80. The van der Waals surface area contributed by atoms with Crippen molar-refractivity contribution in [1.29, 1.82) is 0 Å². The molecule has 0 bridgehead atoms. The number of alkyl halides is 6. The molecule has 0 spiro atoms. The molecule has 0 radical (unpaired) electrons. The third kappa shape index (κ3) is 3.21. The van der Waals surface area contributed by atoms with Crippen molar-refractivity contribution in [3.05, 3.63) is 0 Å². The summed E-state index contributed by atoms with van der Waals surface area (Å²) in [6.07, 6.45) is 0.248. The molecule has 0 amide bonds. The second kappa shape index (κ2) is 4.42. The summed E-state index contributed by atoms with van der Waals surface area (Å²) in [6.45, 7) is 0. The molecule has 0 saturated carbocycles. The molecule has 0 aliphatic carbocycles. The van der Waals surface area contributed by atoms with E-state index in [9.17, 15) is 43.2 Å². The van der Waals surface area contributed by atoms with Gasteiger partial charge in [-0.3, -0.25) is 0 Å². The van der Waals surface area contributed by atoms with Gasteiger partial charge in [0.1, 0.15) is 0 Å². The van der Waals surface area contributed by atoms with Crippen LogP contribution in [-0.4, -0.2) is 40.4 Å². The van der Waals surface area contributed by atoms with E-state index in [2.05, 4.69) is 3.63 Å². The van der Waals surface area contributed by atoms with E-state index >= 15 is 0 Å². The zero-order chi connectivity index (χ0) is 15.2.